The van der Waals surface area contributed by atoms with Crippen molar-refractivity contribution in [2.45, 2.75) is 31.6 Å². The summed E-state index contributed by atoms with van der Waals surface area (Å²) in [6.07, 6.45) is 0.349. The fourth-order valence-electron chi connectivity index (χ4n) is 2.84. The van der Waals surface area contributed by atoms with Gasteiger partial charge in [0, 0.05) is 0 Å². The number of amides is 2. The van der Waals surface area contributed by atoms with Gasteiger partial charge in [-0.15, -0.1) is 0 Å². The Morgan fingerprint density at radius 3 is 2.60 bits per heavy atom. The number of fused-ring (bicyclic) bond motifs is 3. The highest BCUT2D eigenvalue weighted by molar-refractivity contribution is 6.02. The molecule has 1 aromatic heterocycles. The summed E-state index contributed by atoms with van der Waals surface area (Å²) in [6.45, 7) is 0.183. The Kier molecular flexibility index (Phi) is 2.40. The zero-order valence-corrected chi connectivity index (χ0v) is 10.7. The maximum atomic E-state index is 12.2. The van der Waals surface area contributed by atoms with E-state index in [9.17, 15) is 9.59 Å². The van der Waals surface area contributed by atoms with Crippen molar-refractivity contribution in [3.8, 4) is 0 Å². The van der Waals surface area contributed by atoms with Crippen molar-refractivity contribution in [3.05, 3.63) is 30.1 Å². The molecule has 2 aromatic rings. The van der Waals surface area contributed by atoms with E-state index in [0.29, 0.717) is 18.7 Å². The van der Waals surface area contributed by atoms with Gasteiger partial charge in [0.15, 0.2) is 0 Å². The predicted molar refractivity (Wildman–Crippen MR) is 69.5 cm³/mol. The van der Waals surface area contributed by atoms with Gasteiger partial charge in [0.25, 0.3) is 11.8 Å². The van der Waals surface area contributed by atoms with Gasteiger partial charge >= 0.3 is 0 Å². The highest BCUT2D eigenvalue weighted by atomic mass is 16.5. The molecule has 2 saturated heterocycles. The zero-order chi connectivity index (χ0) is 13.7. The Balaban J connectivity index is 1.64. The molecule has 4 rings (SSSR count). The molecule has 2 fully saturated rings. The van der Waals surface area contributed by atoms with Crippen LogP contribution in [0.4, 0.5) is 0 Å². The molecule has 2 aliphatic rings. The lowest BCUT2D eigenvalue weighted by atomic mass is 10.2. The molecule has 2 amide bonds. The van der Waals surface area contributed by atoms with E-state index < -0.39 is 12.2 Å². The molecule has 1 N–H and O–H groups in total. The summed E-state index contributed by atoms with van der Waals surface area (Å²) < 4.78 is 5.38. The molecule has 1 aromatic carbocycles. The van der Waals surface area contributed by atoms with Crippen molar-refractivity contribution < 1.29 is 14.3 Å². The summed E-state index contributed by atoms with van der Waals surface area (Å²) in [6, 6.07) is 7.62. The third kappa shape index (κ3) is 1.65. The minimum Gasteiger partial charge on any atom is -0.355 e. The third-order valence-corrected chi connectivity index (χ3v) is 3.85. The Hall–Kier alpha value is -2.21. The molecule has 6 heteroatoms. The van der Waals surface area contributed by atoms with Crippen LogP contribution >= 0.6 is 0 Å². The van der Waals surface area contributed by atoms with Crippen molar-refractivity contribution >= 4 is 22.8 Å². The first kappa shape index (κ1) is 11.6. The van der Waals surface area contributed by atoms with Gasteiger partial charge in [-0.1, -0.05) is 12.1 Å². The fraction of sp³-hybridized carbons (Fsp3) is 0.357. The second-order valence-corrected chi connectivity index (χ2v) is 5.15. The molecule has 2 unspecified atom stereocenters. The van der Waals surface area contributed by atoms with E-state index in [1.165, 1.54) is 4.90 Å². The van der Waals surface area contributed by atoms with Crippen LogP contribution in [0.15, 0.2) is 24.3 Å². The molecule has 0 aliphatic carbocycles. The van der Waals surface area contributed by atoms with Crippen LogP contribution < -0.4 is 0 Å². The van der Waals surface area contributed by atoms with Crippen molar-refractivity contribution in [3.63, 3.8) is 0 Å². The quantitative estimate of drug-likeness (QED) is 0.826. The fourth-order valence-corrected chi connectivity index (χ4v) is 2.84. The van der Waals surface area contributed by atoms with Crippen LogP contribution in [0.5, 0.6) is 0 Å². The van der Waals surface area contributed by atoms with Gasteiger partial charge in [0.05, 0.1) is 17.6 Å². The number of morpholine rings is 1. The number of H-pyrrole nitrogens is 1. The smallest absolute Gasteiger partial charge is 0.258 e. The number of nitrogens with zero attached hydrogens (tertiary/aromatic N) is 2. The second kappa shape index (κ2) is 4.14. The average Bonchev–Trinajstić information content (AvgIpc) is 3.06. The third-order valence-electron chi connectivity index (χ3n) is 3.85. The normalized spacial score (nSPS) is 25.7. The number of imidazole rings is 1. The summed E-state index contributed by atoms with van der Waals surface area (Å²) in [4.78, 5) is 33.1. The van der Waals surface area contributed by atoms with Crippen molar-refractivity contribution in [1.82, 2.24) is 14.9 Å². The Labute approximate surface area is 114 Å². The molecular formula is C14H13N3O3. The number of ether oxygens (including phenoxy) is 1. The van der Waals surface area contributed by atoms with E-state index in [1.54, 1.807) is 0 Å². The SMILES string of the molecule is O=C1C2CCC(O2)C(=O)N1Cc1nc2ccccc2[nH]1. The Morgan fingerprint density at radius 2 is 1.90 bits per heavy atom. The lowest BCUT2D eigenvalue weighted by molar-refractivity contribution is -0.169. The highest BCUT2D eigenvalue weighted by Crippen LogP contribution is 2.29. The largest absolute Gasteiger partial charge is 0.355 e. The molecule has 6 nitrogen and oxygen atoms in total. The highest BCUT2D eigenvalue weighted by Gasteiger charge is 2.46. The molecule has 0 saturated carbocycles. The number of nitrogens with one attached hydrogen (secondary N) is 1. The number of benzene rings is 1. The molecule has 0 radical (unpaired) electrons. The second-order valence-electron chi connectivity index (χ2n) is 5.15. The van der Waals surface area contributed by atoms with E-state index in [0.717, 1.165) is 11.0 Å². The monoisotopic (exact) mass is 271 g/mol. The summed E-state index contributed by atoms with van der Waals surface area (Å²) in [7, 11) is 0. The van der Waals surface area contributed by atoms with Gasteiger partial charge in [-0.2, -0.15) is 0 Å². The number of imide groups is 1. The van der Waals surface area contributed by atoms with Gasteiger partial charge in [0.1, 0.15) is 18.0 Å². The number of likely N-dealkylation sites (tertiary alicyclic amines) is 1. The summed E-state index contributed by atoms with van der Waals surface area (Å²) in [5.41, 5.74) is 1.73. The number of rotatable bonds is 2. The Morgan fingerprint density at radius 1 is 1.20 bits per heavy atom. The van der Waals surface area contributed by atoms with E-state index in [4.69, 9.17) is 4.74 Å². The van der Waals surface area contributed by atoms with E-state index in [-0.39, 0.29) is 18.4 Å². The average molecular weight is 271 g/mol. The number of hydrogen-bond acceptors (Lipinski definition) is 4. The van der Waals surface area contributed by atoms with Gasteiger partial charge in [-0.3, -0.25) is 14.5 Å². The Bertz CT molecular complexity index is 654. The number of para-hydroxylation sites is 2. The molecular weight excluding hydrogens is 258 g/mol. The number of carbonyl (C=O) groups is 2. The lowest BCUT2D eigenvalue weighted by Gasteiger charge is -2.29. The van der Waals surface area contributed by atoms with Crippen LogP contribution in [0.25, 0.3) is 11.0 Å². The number of aromatic amines is 1. The molecule has 2 aliphatic heterocycles. The molecule has 0 spiro atoms. The van der Waals surface area contributed by atoms with Crippen molar-refractivity contribution in [2.75, 3.05) is 0 Å². The van der Waals surface area contributed by atoms with E-state index >= 15 is 0 Å². The first-order chi connectivity index (χ1) is 9.72. The molecule has 3 heterocycles. The topological polar surface area (TPSA) is 75.3 Å². The van der Waals surface area contributed by atoms with Gasteiger partial charge in [-0.05, 0) is 25.0 Å². The van der Waals surface area contributed by atoms with Crippen molar-refractivity contribution in [2.24, 2.45) is 0 Å². The molecule has 2 atom stereocenters. The van der Waals surface area contributed by atoms with Crippen molar-refractivity contribution in [1.29, 1.82) is 0 Å². The summed E-state index contributed by atoms with van der Waals surface area (Å²) >= 11 is 0. The van der Waals surface area contributed by atoms with Gasteiger partial charge in [-0.25, -0.2) is 4.98 Å². The van der Waals surface area contributed by atoms with Crippen LogP contribution in [0.2, 0.25) is 0 Å². The predicted octanol–water partition coefficient (Wildman–Crippen LogP) is 0.979. The van der Waals surface area contributed by atoms with Gasteiger partial charge in [0.2, 0.25) is 0 Å². The first-order valence-electron chi connectivity index (χ1n) is 6.67. The van der Waals surface area contributed by atoms with Crippen LogP contribution in [0.3, 0.4) is 0 Å². The number of carbonyl (C=O) groups excluding carboxylic acids is 2. The van der Waals surface area contributed by atoms with E-state index in [2.05, 4.69) is 9.97 Å². The molecule has 102 valence electrons. The maximum absolute atomic E-state index is 12.2. The lowest BCUT2D eigenvalue weighted by Crippen LogP contribution is -2.51. The number of hydrogen-bond donors (Lipinski definition) is 1. The zero-order valence-electron chi connectivity index (χ0n) is 10.7. The maximum Gasteiger partial charge on any atom is 0.258 e. The minimum atomic E-state index is -0.456. The van der Waals surface area contributed by atoms with Gasteiger partial charge < -0.3 is 9.72 Å². The molecule has 20 heavy (non-hydrogen) atoms. The minimum absolute atomic E-state index is 0.183. The first-order valence-corrected chi connectivity index (χ1v) is 6.67. The standard InChI is InChI=1S/C14H13N3O3/c18-13-10-5-6-11(20-10)14(19)17(13)7-12-15-8-3-1-2-4-9(8)16-12/h1-4,10-11H,5-7H2,(H,15,16). The van der Waals surface area contributed by atoms with Crippen LogP contribution in [0, 0.1) is 0 Å². The number of aromatic nitrogens is 2. The van der Waals surface area contributed by atoms with Crippen LogP contribution in [-0.4, -0.2) is 38.9 Å². The van der Waals surface area contributed by atoms with E-state index in [1.807, 2.05) is 24.3 Å². The molecule has 2 bridgehead atoms. The summed E-state index contributed by atoms with van der Waals surface area (Å²) in [5.74, 6) is 0.127. The summed E-state index contributed by atoms with van der Waals surface area (Å²) in [5, 5.41) is 0. The van der Waals surface area contributed by atoms with Crippen LogP contribution in [0.1, 0.15) is 18.7 Å². The van der Waals surface area contributed by atoms with Crippen LogP contribution in [-0.2, 0) is 20.9 Å².